The van der Waals surface area contributed by atoms with E-state index in [1.54, 1.807) is 6.92 Å². The molecule has 0 amide bonds. The van der Waals surface area contributed by atoms with E-state index in [9.17, 15) is 9.50 Å². The third kappa shape index (κ3) is 2.02. The normalized spacial score (nSPS) is 12.6. The van der Waals surface area contributed by atoms with Crippen molar-refractivity contribution in [3.05, 3.63) is 29.1 Å². The van der Waals surface area contributed by atoms with E-state index in [2.05, 4.69) is 0 Å². The summed E-state index contributed by atoms with van der Waals surface area (Å²) in [5, 5.41) is 9.40. The molecule has 14 heavy (non-hydrogen) atoms. The van der Waals surface area contributed by atoms with Crippen molar-refractivity contribution in [2.45, 2.75) is 13.0 Å². The first-order chi connectivity index (χ1) is 6.60. The minimum absolute atomic E-state index is 0.0108. The summed E-state index contributed by atoms with van der Waals surface area (Å²) in [4.78, 5) is 0. The van der Waals surface area contributed by atoms with E-state index in [1.165, 1.54) is 19.2 Å². The monoisotopic (exact) mass is 199 g/mol. The molecule has 1 aromatic rings. The number of aliphatic hydroxyl groups is 1. The van der Waals surface area contributed by atoms with Crippen LogP contribution in [-0.4, -0.2) is 18.8 Å². The Balaban J connectivity index is 3.17. The Hall–Kier alpha value is -1.13. The third-order valence-electron chi connectivity index (χ3n) is 2.10. The van der Waals surface area contributed by atoms with Crippen LogP contribution in [0.2, 0.25) is 0 Å². The molecular weight excluding hydrogens is 185 g/mol. The van der Waals surface area contributed by atoms with Crippen LogP contribution in [0.1, 0.15) is 17.2 Å². The lowest BCUT2D eigenvalue weighted by Gasteiger charge is -2.12. The second kappa shape index (κ2) is 4.39. The zero-order valence-corrected chi connectivity index (χ0v) is 8.25. The van der Waals surface area contributed by atoms with E-state index in [4.69, 9.17) is 10.5 Å². The molecule has 0 heterocycles. The van der Waals surface area contributed by atoms with Crippen LogP contribution in [0, 0.1) is 12.7 Å². The van der Waals surface area contributed by atoms with Crippen LogP contribution in [0.3, 0.4) is 0 Å². The number of aryl methyl sites for hydroxylation is 1. The summed E-state index contributed by atoms with van der Waals surface area (Å²) >= 11 is 0. The minimum atomic E-state index is -0.982. The van der Waals surface area contributed by atoms with Gasteiger partial charge in [-0.1, -0.05) is 0 Å². The lowest BCUT2D eigenvalue weighted by molar-refractivity contribution is 0.181. The highest BCUT2D eigenvalue weighted by molar-refractivity contribution is 5.38. The summed E-state index contributed by atoms with van der Waals surface area (Å²) in [7, 11) is 1.50. The van der Waals surface area contributed by atoms with Gasteiger partial charge in [0.25, 0.3) is 0 Å². The highest BCUT2D eigenvalue weighted by Gasteiger charge is 2.13. The van der Waals surface area contributed by atoms with Gasteiger partial charge in [0.05, 0.1) is 13.2 Å². The first kappa shape index (κ1) is 10.9. The highest BCUT2D eigenvalue weighted by Crippen LogP contribution is 2.25. The molecule has 0 aromatic heterocycles. The number of nitrogens with two attached hydrogens (primary N) is 1. The van der Waals surface area contributed by atoms with Crippen LogP contribution in [-0.2, 0) is 0 Å². The average molecular weight is 199 g/mol. The molecule has 0 aliphatic rings. The lowest BCUT2D eigenvalue weighted by atomic mass is 10.1. The molecule has 3 N–H and O–H groups in total. The minimum Gasteiger partial charge on any atom is -0.496 e. The van der Waals surface area contributed by atoms with Crippen molar-refractivity contribution < 1.29 is 14.2 Å². The summed E-state index contributed by atoms with van der Waals surface area (Å²) in [6.07, 6.45) is -0.982. The summed E-state index contributed by atoms with van der Waals surface area (Å²) in [5.74, 6) is 0.0927. The molecule has 3 nitrogen and oxygen atoms in total. The fourth-order valence-corrected chi connectivity index (χ4v) is 1.27. The Kier molecular flexibility index (Phi) is 3.43. The van der Waals surface area contributed by atoms with Gasteiger partial charge in [0.15, 0.2) is 0 Å². The summed E-state index contributed by atoms with van der Waals surface area (Å²) in [6, 6.07) is 2.80. The molecule has 0 aliphatic carbocycles. The van der Waals surface area contributed by atoms with Gasteiger partial charge >= 0.3 is 0 Å². The molecule has 0 aliphatic heterocycles. The Bertz CT molecular complexity index is 328. The van der Waals surface area contributed by atoms with Crippen LogP contribution in [0.25, 0.3) is 0 Å². The molecule has 1 atom stereocenters. The number of halogens is 1. The molecule has 0 saturated heterocycles. The van der Waals surface area contributed by atoms with Gasteiger partial charge in [0.1, 0.15) is 11.6 Å². The van der Waals surface area contributed by atoms with Crippen LogP contribution < -0.4 is 10.5 Å². The van der Waals surface area contributed by atoms with Crippen LogP contribution in [0.4, 0.5) is 4.39 Å². The maximum Gasteiger partial charge on any atom is 0.129 e. The largest absolute Gasteiger partial charge is 0.496 e. The van der Waals surface area contributed by atoms with E-state index in [0.717, 1.165) is 0 Å². The van der Waals surface area contributed by atoms with Gasteiger partial charge in [-0.3, -0.25) is 0 Å². The van der Waals surface area contributed by atoms with Gasteiger partial charge in [0.2, 0.25) is 0 Å². The van der Waals surface area contributed by atoms with Crippen molar-refractivity contribution >= 4 is 0 Å². The maximum absolute atomic E-state index is 13.3. The first-order valence-corrected chi connectivity index (χ1v) is 4.32. The average Bonchev–Trinajstić information content (AvgIpc) is 2.17. The molecule has 4 heteroatoms. The smallest absolute Gasteiger partial charge is 0.129 e. The van der Waals surface area contributed by atoms with Crippen molar-refractivity contribution in [3.8, 4) is 5.75 Å². The number of benzene rings is 1. The predicted octanol–water partition coefficient (Wildman–Crippen LogP) is 1.13. The number of methoxy groups -OCH3 is 1. The van der Waals surface area contributed by atoms with E-state index < -0.39 is 11.9 Å². The Labute approximate surface area is 82.3 Å². The van der Waals surface area contributed by atoms with Crippen molar-refractivity contribution in [1.29, 1.82) is 0 Å². The van der Waals surface area contributed by atoms with E-state index in [-0.39, 0.29) is 12.1 Å². The molecule has 1 rings (SSSR count). The maximum atomic E-state index is 13.3. The number of rotatable bonds is 3. The summed E-state index contributed by atoms with van der Waals surface area (Å²) in [5.41, 5.74) is 6.11. The number of hydrogen-bond acceptors (Lipinski definition) is 3. The third-order valence-corrected chi connectivity index (χ3v) is 2.10. The molecule has 0 spiro atoms. The second-order valence-electron chi connectivity index (χ2n) is 3.09. The van der Waals surface area contributed by atoms with Gasteiger partial charge in [-0.2, -0.15) is 0 Å². The SMILES string of the molecule is COc1cc(C(O)CN)c(F)cc1C. The van der Waals surface area contributed by atoms with Crippen LogP contribution >= 0.6 is 0 Å². The summed E-state index contributed by atoms with van der Waals surface area (Å²) < 4.78 is 18.3. The standard InChI is InChI=1S/C10H14FNO2/c1-6-3-8(11)7(9(13)5-12)4-10(6)14-2/h3-4,9,13H,5,12H2,1-2H3. The lowest BCUT2D eigenvalue weighted by Crippen LogP contribution is -2.13. The molecular formula is C10H14FNO2. The fourth-order valence-electron chi connectivity index (χ4n) is 1.27. The Morgan fingerprint density at radius 2 is 2.21 bits per heavy atom. The molecule has 0 radical (unpaired) electrons. The number of hydrogen-bond donors (Lipinski definition) is 2. The summed E-state index contributed by atoms with van der Waals surface area (Å²) in [6.45, 7) is 1.73. The first-order valence-electron chi connectivity index (χ1n) is 4.32. The van der Waals surface area contributed by atoms with Gasteiger partial charge < -0.3 is 15.6 Å². The molecule has 1 aromatic carbocycles. The second-order valence-corrected chi connectivity index (χ2v) is 3.09. The zero-order valence-electron chi connectivity index (χ0n) is 8.25. The van der Waals surface area contributed by atoms with Crippen molar-refractivity contribution in [3.63, 3.8) is 0 Å². The molecule has 0 bridgehead atoms. The highest BCUT2D eigenvalue weighted by atomic mass is 19.1. The molecule has 1 unspecified atom stereocenters. The quantitative estimate of drug-likeness (QED) is 0.767. The van der Waals surface area contributed by atoms with Crippen molar-refractivity contribution in [2.24, 2.45) is 5.73 Å². The van der Waals surface area contributed by atoms with Crippen molar-refractivity contribution in [2.75, 3.05) is 13.7 Å². The molecule has 78 valence electrons. The van der Waals surface area contributed by atoms with E-state index in [1.807, 2.05) is 0 Å². The number of aliphatic hydroxyl groups excluding tert-OH is 1. The topological polar surface area (TPSA) is 55.5 Å². The van der Waals surface area contributed by atoms with E-state index in [0.29, 0.717) is 11.3 Å². The Morgan fingerprint density at radius 1 is 1.57 bits per heavy atom. The van der Waals surface area contributed by atoms with Crippen LogP contribution in [0.15, 0.2) is 12.1 Å². The zero-order chi connectivity index (χ0) is 10.7. The van der Waals surface area contributed by atoms with Gasteiger partial charge in [-0.05, 0) is 24.6 Å². The van der Waals surface area contributed by atoms with Crippen molar-refractivity contribution in [1.82, 2.24) is 0 Å². The van der Waals surface area contributed by atoms with Gasteiger partial charge in [0, 0.05) is 12.1 Å². The fraction of sp³-hybridized carbons (Fsp3) is 0.400. The van der Waals surface area contributed by atoms with Crippen LogP contribution in [0.5, 0.6) is 5.75 Å². The van der Waals surface area contributed by atoms with E-state index >= 15 is 0 Å². The predicted molar refractivity (Wildman–Crippen MR) is 51.7 cm³/mol. The molecule has 0 saturated carbocycles. The number of ether oxygens (including phenoxy) is 1. The van der Waals surface area contributed by atoms with Gasteiger partial charge in [-0.25, -0.2) is 4.39 Å². The van der Waals surface area contributed by atoms with Gasteiger partial charge in [-0.15, -0.1) is 0 Å². The molecule has 0 fully saturated rings. The Morgan fingerprint density at radius 3 is 2.71 bits per heavy atom.